The molecule has 0 atom stereocenters. The van der Waals surface area contributed by atoms with Crippen molar-refractivity contribution in [1.29, 1.82) is 0 Å². The molecule has 0 aliphatic heterocycles. The Bertz CT molecular complexity index is 688. The normalized spacial score (nSPS) is 10.4. The molecule has 0 saturated heterocycles. The fourth-order valence-corrected chi connectivity index (χ4v) is 2.10. The van der Waals surface area contributed by atoms with Crippen LogP contribution in [0.3, 0.4) is 0 Å². The maximum atomic E-state index is 4.48. The summed E-state index contributed by atoms with van der Waals surface area (Å²) in [4.78, 5) is 8.83. The molecular weight excluding hydrogens is 248 g/mol. The maximum absolute atomic E-state index is 4.48. The second-order valence-corrected chi connectivity index (χ2v) is 4.58. The second kappa shape index (κ2) is 5.57. The predicted molar refractivity (Wildman–Crippen MR) is 79.9 cm³/mol. The highest BCUT2D eigenvalue weighted by Gasteiger charge is 2.04. The Morgan fingerprint density at radius 3 is 2.70 bits per heavy atom. The van der Waals surface area contributed by atoms with Crippen LogP contribution in [0, 0.1) is 6.92 Å². The number of hydrogen-bond acceptors (Lipinski definition) is 3. The zero-order valence-corrected chi connectivity index (χ0v) is 11.3. The van der Waals surface area contributed by atoms with E-state index in [1.807, 2.05) is 54.1 Å². The SMILES string of the molecule is Cc1cccc(CNc2nccn2-c2ccccc2)n1. The first kappa shape index (κ1) is 12.4. The molecule has 4 heteroatoms. The van der Waals surface area contributed by atoms with Crippen LogP contribution in [0.15, 0.2) is 60.9 Å². The lowest BCUT2D eigenvalue weighted by Gasteiger charge is -2.09. The minimum atomic E-state index is 0.658. The molecule has 2 heterocycles. The summed E-state index contributed by atoms with van der Waals surface area (Å²) in [7, 11) is 0. The van der Waals surface area contributed by atoms with E-state index in [1.54, 1.807) is 6.20 Å². The number of rotatable bonds is 4. The van der Waals surface area contributed by atoms with Gasteiger partial charge in [-0.3, -0.25) is 9.55 Å². The first-order valence-electron chi connectivity index (χ1n) is 6.58. The van der Waals surface area contributed by atoms with E-state index in [0.29, 0.717) is 6.54 Å². The second-order valence-electron chi connectivity index (χ2n) is 4.58. The summed E-state index contributed by atoms with van der Waals surface area (Å²) < 4.78 is 2.02. The summed E-state index contributed by atoms with van der Waals surface area (Å²) in [5.74, 6) is 0.819. The quantitative estimate of drug-likeness (QED) is 0.787. The summed E-state index contributed by atoms with van der Waals surface area (Å²) in [6.07, 6.45) is 3.74. The van der Waals surface area contributed by atoms with Crippen LogP contribution < -0.4 is 5.32 Å². The zero-order chi connectivity index (χ0) is 13.8. The highest BCUT2D eigenvalue weighted by Crippen LogP contribution is 2.14. The lowest BCUT2D eigenvalue weighted by atomic mass is 10.3. The van der Waals surface area contributed by atoms with E-state index in [4.69, 9.17) is 0 Å². The van der Waals surface area contributed by atoms with Crippen molar-refractivity contribution in [3.8, 4) is 5.69 Å². The molecule has 0 fully saturated rings. The number of nitrogens with zero attached hydrogens (tertiary/aromatic N) is 3. The molecule has 0 aliphatic carbocycles. The van der Waals surface area contributed by atoms with Gasteiger partial charge in [0.25, 0.3) is 0 Å². The largest absolute Gasteiger partial charge is 0.350 e. The van der Waals surface area contributed by atoms with Crippen molar-refractivity contribution in [3.63, 3.8) is 0 Å². The number of pyridine rings is 1. The lowest BCUT2D eigenvalue weighted by molar-refractivity contribution is 0.962. The van der Waals surface area contributed by atoms with Crippen LogP contribution >= 0.6 is 0 Å². The average molecular weight is 264 g/mol. The maximum Gasteiger partial charge on any atom is 0.207 e. The molecule has 0 bridgehead atoms. The van der Waals surface area contributed by atoms with Crippen molar-refractivity contribution >= 4 is 5.95 Å². The van der Waals surface area contributed by atoms with Crippen LogP contribution in [-0.2, 0) is 6.54 Å². The van der Waals surface area contributed by atoms with E-state index < -0.39 is 0 Å². The van der Waals surface area contributed by atoms with Gasteiger partial charge in [0.1, 0.15) is 0 Å². The van der Waals surface area contributed by atoms with Gasteiger partial charge < -0.3 is 5.32 Å². The van der Waals surface area contributed by atoms with Gasteiger partial charge in [-0.2, -0.15) is 0 Å². The van der Waals surface area contributed by atoms with Gasteiger partial charge in [0.15, 0.2) is 0 Å². The van der Waals surface area contributed by atoms with E-state index >= 15 is 0 Å². The Labute approximate surface area is 118 Å². The average Bonchev–Trinajstić information content (AvgIpc) is 2.95. The van der Waals surface area contributed by atoms with Crippen LogP contribution in [0.4, 0.5) is 5.95 Å². The number of para-hydroxylation sites is 1. The van der Waals surface area contributed by atoms with Crippen molar-refractivity contribution in [2.75, 3.05) is 5.32 Å². The Kier molecular flexibility index (Phi) is 3.46. The number of aryl methyl sites for hydroxylation is 1. The van der Waals surface area contributed by atoms with Gasteiger partial charge >= 0.3 is 0 Å². The van der Waals surface area contributed by atoms with Crippen molar-refractivity contribution in [1.82, 2.24) is 14.5 Å². The van der Waals surface area contributed by atoms with Crippen LogP contribution in [0.2, 0.25) is 0 Å². The van der Waals surface area contributed by atoms with Gasteiger partial charge in [0.05, 0.1) is 12.2 Å². The number of hydrogen-bond donors (Lipinski definition) is 1. The smallest absolute Gasteiger partial charge is 0.207 e. The molecule has 2 aromatic heterocycles. The summed E-state index contributed by atoms with van der Waals surface area (Å²) in [5.41, 5.74) is 3.12. The number of imidazole rings is 1. The van der Waals surface area contributed by atoms with E-state index in [0.717, 1.165) is 23.0 Å². The van der Waals surface area contributed by atoms with Crippen LogP contribution in [-0.4, -0.2) is 14.5 Å². The van der Waals surface area contributed by atoms with Crippen molar-refractivity contribution in [2.45, 2.75) is 13.5 Å². The fourth-order valence-electron chi connectivity index (χ4n) is 2.10. The fraction of sp³-hybridized carbons (Fsp3) is 0.125. The third kappa shape index (κ3) is 2.69. The summed E-state index contributed by atoms with van der Waals surface area (Å²) in [6, 6.07) is 16.2. The Morgan fingerprint density at radius 1 is 1.05 bits per heavy atom. The Balaban J connectivity index is 1.78. The van der Waals surface area contributed by atoms with Crippen molar-refractivity contribution < 1.29 is 0 Å². The molecule has 0 amide bonds. The summed E-state index contributed by atoms with van der Waals surface area (Å²) in [6.45, 7) is 2.65. The number of aromatic nitrogens is 3. The third-order valence-electron chi connectivity index (χ3n) is 3.05. The van der Waals surface area contributed by atoms with Crippen molar-refractivity contribution in [3.05, 3.63) is 72.3 Å². The van der Waals surface area contributed by atoms with E-state index in [1.165, 1.54) is 0 Å². The molecular formula is C16H16N4. The summed E-state index contributed by atoms with van der Waals surface area (Å²) >= 11 is 0. The lowest BCUT2D eigenvalue weighted by Crippen LogP contribution is -2.07. The zero-order valence-electron chi connectivity index (χ0n) is 11.3. The molecule has 3 aromatic rings. The number of benzene rings is 1. The van der Waals surface area contributed by atoms with Gasteiger partial charge in [-0.25, -0.2) is 4.98 Å². The van der Waals surface area contributed by atoms with Crippen LogP contribution in [0.25, 0.3) is 5.69 Å². The number of anilines is 1. The van der Waals surface area contributed by atoms with E-state index in [9.17, 15) is 0 Å². The minimum Gasteiger partial charge on any atom is -0.350 e. The molecule has 20 heavy (non-hydrogen) atoms. The van der Waals surface area contributed by atoms with Gasteiger partial charge in [0, 0.05) is 23.8 Å². The molecule has 1 aromatic carbocycles. The molecule has 0 radical (unpaired) electrons. The highest BCUT2D eigenvalue weighted by atomic mass is 15.2. The minimum absolute atomic E-state index is 0.658. The van der Waals surface area contributed by atoms with Gasteiger partial charge in [0.2, 0.25) is 5.95 Å². The molecule has 1 N–H and O–H groups in total. The van der Waals surface area contributed by atoms with Gasteiger partial charge in [-0.15, -0.1) is 0 Å². The van der Waals surface area contributed by atoms with Crippen molar-refractivity contribution in [2.24, 2.45) is 0 Å². The highest BCUT2D eigenvalue weighted by molar-refractivity contribution is 5.41. The standard InChI is InChI=1S/C16H16N4/c1-13-6-5-7-14(19-13)12-18-16-17-10-11-20(16)15-8-3-2-4-9-15/h2-11H,12H2,1H3,(H,17,18). The first-order chi connectivity index (χ1) is 9.83. The van der Waals surface area contributed by atoms with Crippen LogP contribution in [0.5, 0.6) is 0 Å². The third-order valence-corrected chi connectivity index (χ3v) is 3.05. The van der Waals surface area contributed by atoms with Gasteiger partial charge in [-0.05, 0) is 31.2 Å². The molecule has 3 rings (SSSR count). The van der Waals surface area contributed by atoms with Crippen LogP contribution in [0.1, 0.15) is 11.4 Å². The molecule has 0 saturated carbocycles. The Hall–Kier alpha value is -2.62. The Morgan fingerprint density at radius 2 is 1.90 bits per heavy atom. The van der Waals surface area contributed by atoms with Gasteiger partial charge in [-0.1, -0.05) is 24.3 Å². The predicted octanol–water partition coefficient (Wildman–Crippen LogP) is 3.19. The molecule has 4 nitrogen and oxygen atoms in total. The molecule has 0 spiro atoms. The first-order valence-corrected chi connectivity index (χ1v) is 6.58. The monoisotopic (exact) mass is 264 g/mol. The molecule has 0 unspecified atom stereocenters. The number of nitrogens with one attached hydrogen (secondary N) is 1. The molecule has 100 valence electrons. The van der Waals surface area contributed by atoms with E-state index in [-0.39, 0.29) is 0 Å². The molecule has 0 aliphatic rings. The summed E-state index contributed by atoms with van der Waals surface area (Å²) in [5, 5.41) is 3.32. The topological polar surface area (TPSA) is 42.7 Å². The van der Waals surface area contributed by atoms with E-state index in [2.05, 4.69) is 27.4 Å².